The molecule has 4 heteroatoms. The number of hydrogen-bond acceptors (Lipinski definition) is 3. The Hall–Kier alpha value is -0.610. The Bertz CT molecular complexity index is 304. The quantitative estimate of drug-likeness (QED) is 0.820. The molecule has 0 aromatic carbocycles. The molecule has 1 amide bonds. The lowest BCUT2D eigenvalue weighted by Crippen LogP contribution is -2.39. The molecule has 0 aromatic heterocycles. The molecule has 2 heterocycles. The fraction of sp³-hybridized carbons (Fsp3) is 0.929. The summed E-state index contributed by atoms with van der Waals surface area (Å²) in [4.78, 5) is 15.9. The van der Waals surface area contributed by atoms with Crippen LogP contribution in [0.15, 0.2) is 0 Å². The smallest absolute Gasteiger partial charge is 0.222 e. The number of carbonyl (C=O) groups is 1. The van der Waals surface area contributed by atoms with Crippen molar-refractivity contribution >= 4 is 5.91 Å². The maximum atomic E-state index is 11.6. The molecular weight excluding hydrogens is 228 g/mol. The van der Waals surface area contributed by atoms with Crippen molar-refractivity contribution in [2.45, 2.75) is 45.6 Å². The summed E-state index contributed by atoms with van der Waals surface area (Å²) >= 11 is 0. The molecule has 2 rings (SSSR count). The fourth-order valence-corrected chi connectivity index (χ4v) is 3.21. The topological polar surface area (TPSA) is 43.8 Å². The number of likely N-dealkylation sites (tertiary alicyclic amines) is 2. The van der Waals surface area contributed by atoms with E-state index in [0.717, 1.165) is 58.4 Å². The Morgan fingerprint density at radius 2 is 2.11 bits per heavy atom. The first-order valence-corrected chi connectivity index (χ1v) is 7.14. The maximum absolute atomic E-state index is 11.6. The lowest BCUT2D eigenvalue weighted by molar-refractivity contribution is -0.127. The predicted octanol–water partition coefficient (Wildman–Crippen LogP) is 1.09. The average Bonchev–Trinajstić information content (AvgIpc) is 2.61. The summed E-state index contributed by atoms with van der Waals surface area (Å²) in [5.41, 5.74) is 0.172. The third-order valence-electron chi connectivity index (χ3n) is 4.08. The van der Waals surface area contributed by atoms with E-state index in [0.29, 0.717) is 5.91 Å². The normalized spacial score (nSPS) is 29.6. The molecule has 1 atom stereocenters. The van der Waals surface area contributed by atoms with Gasteiger partial charge >= 0.3 is 0 Å². The van der Waals surface area contributed by atoms with Gasteiger partial charge in [0.2, 0.25) is 5.91 Å². The second kappa shape index (κ2) is 5.57. The largest absolute Gasteiger partial charge is 0.393 e. The highest BCUT2D eigenvalue weighted by Gasteiger charge is 2.29. The highest BCUT2D eigenvalue weighted by Crippen LogP contribution is 2.28. The summed E-state index contributed by atoms with van der Waals surface area (Å²) in [6.45, 7) is 9.13. The van der Waals surface area contributed by atoms with Gasteiger partial charge in [-0.2, -0.15) is 0 Å². The number of nitrogens with zero attached hydrogens (tertiary/aromatic N) is 2. The van der Waals surface area contributed by atoms with Crippen LogP contribution < -0.4 is 0 Å². The van der Waals surface area contributed by atoms with Crippen LogP contribution in [0.5, 0.6) is 0 Å². The van der Waals surface area contributed by atoms with Crippen LogP contribution >= 0.6 is 0 Å². The molecule has 4 nitrogen and oxygen atoms in total. The molecule has 0 aliphatic carbocycles. The lowest BCUT2D eigenvalue weighted by atomic mass is 9.87. The SMILES string of the molecule is CC1(C)C[C@H](O)CCN(CCN2CCCC2=O)C1. The molecule has 2 fully saturated rings. The molecule has 2 saturated heterocycles. The first-order chi connectivity index (χ1) is 8.46. The van der Waals surface area contributed by atoms with Gasteiger partial charge in [0.05, 0.1) is 6.10 Å². The van der Waals surface area contributed by atoms with Gasteiger partial charge in [-0.25, -0.2) is 0 Å². The third-order valence-corrected chi connectivity index (χ3v) is 4.08. The summed E-state index contributed by atoms with van der Waals surface area (Å²) in [6.07, 6.45) is 3.31. The number of aliphatic hydroxyl groups excluding tert-OH is 1. The molecule has 104 valence electrons. The Morgan fingerprint density at radius 3 is 2.78 bits per heavy atom. The molecule has 0 radical (unpaired) electrons. The number of carbonyl (C=O) groups excluding carboxylic acids is 1. The standard InChI is InChI=1S/C14H26N2O2/c1-14(2)10-12(17)5-7-15(11-14)8-9-16-6-3-4-13(16)18/h12,17H,3-11H2,1-2H3/t12-/m1/s1. The Balaban J connectivity index is 1.83. The predicted molar refractivity (Wildman–Crippen MR) is 71.3 cm³/mol. The Morgan fingerprint density at radius 1 is 1.33 bits per heavy atom. The number of aliphatic hydroxyl groups is 1. The van der Waals surface area contributed by atoms with Crippen molar-refractivity contribution in [1.82, 2.24) is 9.80 Å². The minimum atomic E-state index is -0.168. The second-order valence-electron chi connectivity index (χ2n) is 6.57. The van der Waals surface area contributed by atoms with Crippen LogP contribution in [0.4, 0.5) is 0 Å². The van der Waals surface area contributed by atoms with Crippen molar-refractivity contribution in [3.05, 3.63) is 0 Å². The van der Waals surface area contributed by atoms with Crippen LogP contribution in [-0.2, 0) is 4.79 Å². The van der Waals surface area contributed by atoms with E-state index in [2.05, 4.69) is 18.7 Å². The summed E-state index contributed by atoms with van der Waals surface area (Å²) in [6, 6.07) is 0. The van der Waals surface area contributed by atoms with Crippen molar-refractivity contribution < 1.29 is 9.90 Å². The van der Waals surface area contributed by atoms with Gasteiger partial charge in [-0.05, 0) is 24.7 Å². The highest BCUT2D eigenvalue weighted by atomic mass is 16.3. The average molecular weight is 254 g/mol. The monoisotopic (exact) mass is 254 g/mol. The zero-order chi connectivity index (χ0) is 13.2. The van der Waals surface area contributed by atoms with Gasteiger partial charge in [-0.15, -0.1) is 0 Å². The highest BCUT2D eigenvalue weighted by molar-refractivity contribution is 5.78. The minimum Gasteiger partial charge on any atom is -0.393 e. The van der Waals surface area contributed by atoms with Crippen LogP contribution in [-0.4, -0.2) is 59.6 Å². The van der Waals surface area contributed by atoms with E-state index in [1.807, 2.05) is 4.90 Å². The molecule has 18 heavy (non-hydrogen) atoms. The van der Waals surface area contributed by atoms with Gasteiger partial charge in [0.25, 0.3) is 0 Å². The molecule has 0 aromatic rings. The second-order valence-corrected chi connectivity index (χ2v) is 6.57. The van der Waals surface area contributed by atoms with Crippen LogP contribution in [0, 0.1) is 5.41 Å². The van der Waals surface area contributed by atoms with E-state index in [9.17, 15) is 9.90 Å². The maximum Gasteiger partial charge on any atom is 0.222 e. The molecule has 1 N–H and O–H groups in total. The van der Waals surface area contributed by atoms with Gasteiger partial charge in [0.1, 0.15) is 0 Å². The van der Waals surface area contributed by atoms with Crippen molar-refractivity contribution in [2.24, 2.45) is 5.41 Å². The summed E-state index contributed by atoms with van der Waals surface area (Å²) in [7, 11) is 0. The van der Waals surface area contributed by atoms with Crippen LogP contribution in [0.3, 0.4) is 0 Å². The van der Waals surface area contributed by atoms with Crippen LogP contribution in [0.2, 0.25) is 0 Å². The minimum absolute atomic E-state index is 0.168. The molecule has 2 aliphatic rings. The number of rotatable bonds is 3. The molecule has 0 unspecified atom stereocenters. The summed E-state index contributed by atoms with van der Waals surface area (Å²) < 4.78 is 0. The van der Waals surface area contributed by atoms with Crippen molar-refractivity contribution in [3.63, 3.8) is 0 Å². The summed E-state index contributed by atoms with van der Waals surface area (Å²) in [5, 5.41) is 9.87. The van der Waals surface area contributed by atoms with Crippen LogP contribution in [0.25, 0.3) is 0 Å². The summed E-state index contributed by atoms with van der Waals surface area (Å²) in [5.74, 6) is 0.309. The van der Waals surface area contributed by atoms with Crippen molar-refractivity contribution in [3.8, 4) is 0 Å². The van der Waals surface area contributed by atoms with Crippen molar-refractivity contribution in [1.29, 1.82) is 0 Å². The van der Waals surface area contributed by atoms with E-state index in [1.54, 1.807) is 0 Å². The Kier molecular flexibility index (Phi) is 4.28. The van der Waals surface area contributed by atoms with E-state index in [4.69, 9.17) is 0 Å². The lowest BCUT2D eigenvalue weighted by Gasteiger charge is -2.30. The first-order valence-electron chi connectivity index (χ1n) is 7.14. The van der Waals surface area contributed by atoms with Gasteiger partial charge in [0.15, 0.2) is 0 Å². The van der Waals surface area contributed by atoms with Gasteiger partial charge in [0, 0.05) is 39.1 Å². The Labute approximate surface area is 110 Å². The van der Waals surface area contributed by atoms with Crippen molar-refractivity contribution in [2.75, 3.05) is 32.7 Å². The molecular formula is C14H26N2O2. The molecule has 0 spiro atoms. The zero-order valence-electron chi connectivity index (χ0n) is 11.7. The number of hydrogen-bond donors (Lipinski definition) is 1. The van der Waals surface area contributed by atoms with Gasteiger partial charge < -0.3 is 14.9 Å². The fourth-order valence-electron chi connectivity index (χ4n) is 3.21. The number of amides is 1. The first kappa shape index (κ1) is 13.8. The van der Waals surface area contributed by atoms with Gasteiger partial charge in [-0.3, -0.25) is 4.79 Å². The third kappa shape index (κ3) is 3.69. The van der Waals surface area contributed by atoms with Crippen LogP contribution in [0.1, 0.15) is 39.5 Å². The molecule has 0 bridgehead atoms. The zero-order valence-corrected chi connectivity index (χ0v) is 11.7. The van der Waals surface area contributed by atoms with E-state index in [1.165, 1.54) is 0 Å². The van der Waals surface area contributed by atoms with E-state index >= 15 is 0 Å². The molecule has 2 aliphatic heterocycles. The van der Waals surface area contributed by atoms with E-state index < -0.39 is 0 Å². The van der Waals surface area contributed by atoms with E-state index in [-0.39, 0.29) is 11.5 Å². The van der Waals surface area contributed by atoms with Gasteiger partial charge in [-0.1, -0.05) is 13.8 Å². The molecule has 0 saturated carbocycles.